The Labute approximate surface area is 198 Å². The number of hydrogen-bond donors (Lipinski definition) is 2. The SMILES string of the molecule is CCOc1ccc(/C(O)=C2/C(=O)C(=O)N(CCOC)C2c2ccc(O)c(Cl)c2)cc1C(C)C. The lowest BCUT2D eigenvalue weighted by Crippen LogP contribution is -2.32. The number of ether oxygens (including phenoxy) is 2. The molecule has 176 valence electrons. The molecular formula is C25H28ClNO6. The van der Waals surface area contributed by atoms with E-state index < -0.39 is 17.7 Å². The Kier molecular flexibility index (Phi) is 7.66. The van der Waals surface area contributed by atoms with Crippen LogP contribution in [0.4, 0.5) is 0 Å². The van der Waals surface area contributed by atoms with Crippen LogP contribution in [0.15, 0.2) is 42.0 Å². The van der Waals surface area contributed by atoms with Crippen molar-refractivity contribution < 1.29 is 29.3 Å². The largest absolute Gasteiger partial charge is 0.507 e. The minimum absolute atomic E-state index is 0.0447. The van der Waals surface area contributed by atoms with Gasteiger partial charge >= 0.3 is 0 Å². The van der Waals surface area contributed by atoms with Gasteiger partial charge in [-0.05, 0) is 54.3 Å². The molecule has 1 unspecified atom stereocenters. The number of carbonyl (C=O) groups excluding carboxylic acids is 2. The molecule has 2 N–H and O–H groups in total. The van der Waals surface area contributed by atoms with Crippen LogP contribution in [0.1, 0.15) is 49.4 Å². The molecule has 8 heteroatoms. The van der Waals surface area contributed by atoms with E-state index in [1.807, 2.05) is 20.8 Å². The lowest BCUT2D eigenvalue weighted by Gasteiger charge is -2.25. The monoisotopic (exact) mass is 473 g/mol. The van der Waals surface area contributed by atoms with Gasteiger partial charge in [0.15, 0.2) is 0 Å². The zero-order valence-electron chi connectivity index (χ0n) is 19.1. The van der Waals surface area contributed by atoms with E-state index in [2.05, 4.69) is 0 Å². The summed E-state index contributed by atoms with van der Waals surface area (Å²) in [7, 11) is 1.50. The Morgan fingerprint density at radius 2 is 1.91 bits per heavy atom. The van der Waals surface area contributed by atoms with Gasteiger partial charge in [0, 0.05) is 19.2 Å². The number of phenolic OH excluding ortho intramolecular Hbond substituents is 1. The van der Waals surface area contributed by atoms with Crippen LogP contribution in [-0.2, 0) is 14.3 Å². The molecule has 7 nitrogen and oxygen atoms in total. The molecule has 1 aliphatic rings. The second-order valence-electron chi connectivity index (χ2n) is 8.04. The fourth-order valence-corrected chi connectivity index (χ4v) is 4.12. The predicted octanol–water partition coefficient (Wildman–Crippen LogP) is 4.64. The van der Waals surface area contributed by atoms with Crippen molar-refractivity contribution in [2.24, 2.45) is 0 Å². The topological polar surface area (TPSA) is 96.3 Å². The molecule has 0 radical (unpaired) electrons. The Balaban J connectivity index is 2.19. The third-order valence-electron chi connectivity index (χ3n) is 5.57. The van der Waals surface area contributed by atoms with Crippen molar-refractivity contribution in [2.75, 3.05) is 26.9 Å². The highest BCUT2D eigenvalue weighted by atomic mass is 35.5. The third kappa shape index (κ3) is 4.84. The number of benzene rings is 2. The number of carbonyl (C=O) groups is 2. The second-order valence-corrected chi connectivity index (χ2v) is 8.44. The summed E-state index contributed by atoms with van der Waals surface area (Å²) in [5.74, 6) is -1.13. The standard InChI is InChI=1S/C25H28ClNO6/c1-5-33-20-9-7-16(12-17(20)14(2)3)23(29)21-22(15-6-8-19(28)18(26)13-15)27(10-11-32-4)25(31)24(21)30/h6-9,12-14,22,28-29H,5,10-11H2,1-4H3/b23-21-. The average molecular weight is 474 g/mol. The van der Waals surface area contributed by atoms with Crippen LogP contribution in [0.3, 0.4) is 0 Å². The minimum Gasteiger partial charge on any atom is -0.507 e. The number of phenols is 1. The fraction of sp³-hybridized carbons (Fsp3) is 0.360. The predicted molar refractivity (Wildman–Crippen MR) is 126 cm³/mol. The molecule has 2 aromatic carbocycles. The Morgan fingerprint density at radius 3 is 2.52 bits per heavy atom. The number of Topliss-reactive ketones (excluding diaryl/α,β-unsaturated/α-hetero) is 1. The molecule has 1 heterocycles. The number of halogens is 1. The van der Waals surface area contributed by atoms with Gasteiger partial charge in [0.1, 0.15) is 17.3 Å². The number of methoxy groups -OCH3 is 1. The van der Waals surface area contributed by atoms with Crippen molar-refractivity contribution in [2.45, 2.75) is 32.7 Å². The van der Waals surface area contributed by atoms with E-state index in [0.29, 0.717) is 23.5 Å². The van der Waals surface area contributed by atoms with Gasteiger partial charge in [-0.25, -0.2) is 0 Å². The van der Waals surface area contributed by atoms with Gasteiger partial charge in [-0.1, -0.05) is 31.5 Å². The summed E-state index contributed by atoms with van der Waals surface area (Å²) in [5, 5.41) is 21.2. The molecule has 1 aliphatic heterocycles. The van der Waals surface area contributed by atoms with Gasteiger partial charge < -0.3 is 24.6 Å². The van der Waals surface area contributed by atoms with E-state index in [4.69, 9.17) is 21.1 Å². The first kappa shape index (κ1) is 24.6. The van der Waals surface area contributed by atoms with Gasteiger partial charge in [0.2, 0.25) is 0 Å². The van der Waals surface area contributed by atoms with Crippen LogP contribution in [0.25, 0.3) is 5.76 Å². The molecule has 0 bridgehead atoms. The van der Waals surface area contributed by atoms with Crippen molar-refractivity contribution in [1.82, 2.24) is 4.90 Å². The number of rotatable bonds is 8. The van der Waals surface area contributed by atoms with Crippen LogP contribution in [-0.4, -0.2) is 53.7 Å². The van der Waals surface area contributed by atoms with E-state index in [9.17, 15) is 19.8 Å². The molecular weight excluding hydrogens is 446 g/mol. The number of likely N-dealkylation sites (tertiary alicyclic amines) is 1. The van der Waals surface area contributed by atoms with Gasteiger partial charge in [-0.3, -0.25) is 9.59 Å². The van der Waals surface area contributed by atoms with E-state index in [-0.39, 0.29) is 41.2 Å². The van der Waals surface area contributed by atoms with E-state index in [0.717, 1.165) is 5.56 Å². The molecule has 1 fully saturated rings. The smallest absolute Gasteiger partial charge is 0.295 e. The van der Waals surface area contributed by atoms with Crippen molar-refractivity contribution in [3.8, 4) is 11.5 Å². The van der Waals surface area contributed by atoms with Gasteiger partial charge in [-0.15, -0.1) is 0 Å². The minimum atomic E-state index is -0.882. The highest BCUT2D eigenvalue weighted by Crippen LogP contribution is 2.41. The van der Waals surface area contributed by atoms with Gasteiger partial charge in [0.25, 0.3) is 11.7 Å². The highest BCUT2D eigenvalue weighted by molar-refractivity contribution is 6.46. The Morgan fingerprint density at radius 1 is 1.18 bits per heavy atom. The maximum Gasteiger partial charge on any atom is 0.295 e. The van der Waals surface area contributed by atoms with Gasteiger partial charge in [-0.2, -0.15) is 0 Å². The number of hydrogen-bond acceptors (Lipinski definition) is 6. The number of nitrogens with zero attached hydrogens (tertiary/aromatic N) is 1. The maximum atomic E-state index is 13.1. The summed E-state index contributed by atoms with van der Waals surface area (Å²) in [5.41, 5.74) is 1.72. The first-order chi connectivity index (χ1) is 15.7. The summed E-state index contributed by atoms with van der Waals surface area (Å²) >= 11 is 6.11. The second kappa shape index (κ2) is 10.3. The van der Waals surface area contributed by atoms with E-state index >= 15 is 0 Å². The quantitative estimate of drug-likeness (QED) is 0.329. The molecule has 0 aliphatic carbocycles. The summed E-state index contributed by atoms with van der Waals surface area (Å²) < 4.78 is 10.8. The number of aliphatic hydroxyl groups excluding tert-OH is 1. The zero-order valence-corrected chi connectivity index (χ0v) is 19.8. The zero-order chi connectivity index (χ0) is 24.3. The van der Waals surface area contributed by atoms with E-state index in [1.54, 1.807) is 24.3 Å². The summed E-state index contributed by atoms with van der Waals surface area (Å²) in [6.45, 7) is 6.74. The Bertz CT molecular complexity index is 1090. The first-order valence-corrected chi connectivity index (χ1v) is 11.1. The molecule has 0 spiro atoms. The molecule has 1 saturated heterocycles. The summed E-state index contributed by atoms with van der Waals surface area (Å²) in [6.07, 6.45) is 0. The summed E-state index contributed by atoms with van der Waals surface area (Å²) in [4.78, 5) is 27.3. The molecule has 1 amide bonds. The maximum absolute atomic E-state index is 13.1. The normalized spacial score (nSPS) is 17.8. The van der Waals surface area contributed by atoms with Gasteiger partial charge in [0.05, 0.1) is 29.9 Å². The van der Waals surface area contributed by atoms with E-state index in [1.165, 1.54) is 24.1 Å². The third-order valence-corrected chi connectivity index (χ3v) is 5.87. The molecule has 0 aromatic heterocycles. The molecule has 0 saturated carbocycles. The fourth-order valence-electron chi connectivity index (χ4n) is 3.93. The van der Waals surface area contributed by atoms with Crippen LogP contribution >= 0.6 is 11.6 Å². The van der Waals surface area contributed by atoms with Crippen molar-refractivity contribution in [3.63, 3.8) is 0 Å². The molecule has 2 aromatic rings. The Hall–Kier alpha value is -3.03. The van der Waals surface area contributed by atoms with Crippen LogP contribution in [0, 0.1) is 0 Å². The number of aromatic hydroxyl groups is 1. The lowest BCUT2D eigenvalue weighted by molar-refractivity contribution is -0.140. The number of amides is 1. The number of aliphatic hydroxyl groups is 1. The molecule has 1 atom stereocenters. The van der Waals surface area contributed by atoms with Crippen molar-refractivity contribution >= 4 is 29.1 Å². The van der Waals surface area contributed by atoms with Crippen LogP contribution in [0.2, 0.25) is 5.02 Å². The molecule has 33 heavy (non-hydrogen) atoms. The van der Waals surface area contributed by atoms with Crippen molar-refractivity contribution in [3.05, 3.63) is 63.7 Å². The van der Waals surface area contributed by atoms with Crippen LogP contribution < -0.4 is 4.74 Å². The molecule has 3 rings (SSSR count). The first-order valence-electron chi connectivity index (χ1n) is 10.7. The summed E-state index contributed by atoms with van der Waals surface area (Å²) in [6, 6.07) is 8.75. The lowest BCUT2D eigenvalue weighted by atomic mass is 9.93. The van der Waals surface area contributed by atoms with Crippen LogP contribution in [0.5, 0.6) is 11.5 Å². The number of ketones is 1. The highest BCUT2D eigenvalue weighted by Gasteiger charge is 2.46. The van der Waals surface area contributed by atoms with Crippen molar-refractivity contribution in [1.29, 1.82) is 0 Å². The average Bonchev–Trinajstić information content (AvgIpc) is 3.04.